The van der Waals surface area contributed by atoms with Crippen molar-refractivity contribution in [2.24, 2.45) is 5.73 Å². The van der Waals surface area contributed by atoms with Gasteiger partial charge in [0.15, 0.2) is 0 Å². The second-order valence-electron chi connectivity index (χ2n) is 5.69. The Labute approximate surface area is 148 Å². The highest BCUT2D eigenvalue weighted by Gasteiger charge is 2.28. The third-order valence-corrected chi connectivity index (χ3v) is 5.43. The molecule has 2 N–H and O–H groups in total. The Hall–Kier alpha value is -0.140. The number of hydrogen-bond acceptors (Lipinski definition) is 2. The number of nitrogens with zero attached hydrogens (tertiary/aromatic N) is 1. The Kier molecular flexibility index (Phi) is 6.50. The van der Waals surface area contributed by atoms with Gasteiger partial charge in [-0.1, -0.05) is 6.92 Å². The lowest BCUT2D eigenvalue weighted by atomic mass is 9.90. The molecular weight excluding hydrogens is 443 g/mol. The molecule has 1 aliphatic rings. The second kappa shape index (κ2) is 7.92. The molecule has 1 saturated carbocycles. The molecule has 0 saturated heterocycles. The first-order valence-corrected chi connectivity index (χ1v) is 9.41. The van der Waals surface area contributed by atoms with Crippen molar-refractivity contribution >= 4 is 44.4 Å². The van der Waals surface area contributed by atoms with E-state index in [4.69, 9.17) is 5.73 Å². The summed E-state index contributed by atoms with van der Waals surface area (Å²) in [5.74, 6) is 0.141. The molecule has 1 aromatic carbocycles. The van der Waals surface area contributed by atoms with Crippen molar-refractivity contribution in [3.8, 4) is 0 Å². The summed E-state index contributed by atoms with van der Waals surface area (Å²) in [5, 5.41) is 0. The minimum Gasteiger partial charge on any atom is -0.336 e. The van der Waals surface area contributed by atoms with Gasteiger partial charge >= 0.3 is 0 Å². The van der Waals surface area contributed by atoms with E-state index in [0.717, 1.165) is 52.3 Å². The molecule has 0 radical (unpaired) electrons. The molecule has 5 heteroatoms. The second-order valence-corrected chi connectivity index (χ2v) is 7.79. The van der Waals surface area contributed by atoms with Crippen LogP contribution in [0, 0.1) is 3.57 Å². The molecule has 0 aliphatic heterocycles. The Morgan fingerprint density at radius 3 is 2.67 bits per heavy atom. The lowest BCUT2D eigenvalue weighted by Crippen LogP contribution is -2.44. The monoisotopic (exact) mass is 464 g/mol. The van der Waals surface area contributed by atoms with Crippen LogP contribution >= 0.6 is 38.5 Å². The maximum atomic E-state index is 12.9. The van der Waals surface area contributed by atoms with Gasteiger partial charge in [0.2, 0.25) is 0 Å². The van der Waals surface area contributed by atoms with Crippen molar-refractivity contribution in [1.29, 1.82) is 0 Å². The Morgan fingerprint density at radius 2 is 2.05 bits per heavy atom. The maximum absolute atomic E-state index is 12.9. The summed E-state index contributed by atoms with van der Waals surface area (Å²) in [7, 11) is 0. The summed E-state index contributed by atoms with van der Waals surface area (Å²) >= 11 is 5.76. The van der Waals surface area contributed by atoms with E-state index in [1.165, 1.54) is 0 Å². The number of halogens is 2. The van der Waals surface area contributed by atoms with Crippen LogP contribution in [0.3, 0.4) is 0 Å². The Balaban J connectivity index is 2.20. The summed E-state index contributed by atoms with van der Waals surface area (Å²) in [6, 6.07) is 6.57. The fourth-order valence-corrected chi connectivity index (χ4v) is 3.83. The average molecular weight is 465 g/mol. The predicted molar refractivity (Wildman–Crippen MR) is 98.4 cm³/mol. The van der Waals surface area contributed by atoms with E-state index < -0.39 is 0 Å². The van der Waals surface area contributed by atoms with Crippen LogP contribution in [-0.2, 0) is 0 Å². The van der Waals surface area contributed by atoms with E-state index in [1.54, 1.807) is 0 Å². The Bertz CT molecular complexity index is 501. The largest absolute Gasteiger partial charge is 0.336 e. The van der Waals surface area contributed by atoms with Gasteiger partial charge in [-0.05, 0) is 88.8 Å². The van der Waals surface area contributed by atoms with Gasteiger partial charge in [-0.25, -0.2) is 0 Å². The standard InChI is InChI=1S/C16H22BrIN2O/c1-2-9-20(13-6-4-12(19)5-7-13)16(21)14-10-11(18)3-8-15(14)17/h3,8,10,12-13H,2,4-7,9,19H2,1H3. The molecule has 21 heavy (non-hydrogen) atoms. The van der Waals surface area contributed by atoms with Crippen LogP contribution < -0.4 is 5.73 Å². The topological polar surface area (TPSA) is 46.3 Å². The number of rotatable bonds is 4. The van der Waals surface area contributed by atoms with E-state index in [-0.39, 0.29) is 5.91 Å². The molecule has 116 valence electrons. The first-order chi connectivity index (χ1) is 10.0. The van der Waals surface area contributed by atoms with E-state index in [1.807, 2.05) is 18.2 Å². The highest BCUT2D eigenvalue weighted by Crippen LogP contribution is 2.27. The van der Waals surface area contributed by atoms with Crippen molar-refractivity contribution in [1.82, 2.24) is 4.90 Å². The average Bonchev–Trinajstić information content (AvgIpc) is 2.48. The smallest absolute Gasteiger partial charge is 0.255 e. The third kappa shape index (κ3) is 4.42. The molecule has 2 rings (SSSR count). The van der Waals surface area contributed by atoms with Gasteiger partial charge in [0.05, 0.1) is 5.56 Å². The first-order valence-electron chi connectivity index (χ1n) is 7.54. The number of hydrogen-bond donors (Lipinski definition) is 1. The molecule has 0 heterocycles. The van der Waals surface area contributed by atoms with Gasteiger partial charge in [-0.3, -0.25) is 4.79 Å². The van der Waals surface area contributed by atoms with Crippen molar-refractivity contribution < 1.29 is 4.79 Å². The van der Waals surface area contributed by atoms with Gasteiger partial charge in [-0.2, -0.15) is 0 Å². The van der Waals surface area contributed by atoms with Gasteiger partial charge in [0, 0.05) is 26.7 Å². The highest BCUT2D eigenvalue weighted by molar-refractivity contribution is 14.1. The molecule has 1 aliphatic carbocycles. The number of amides is 1. The summed E-state index contributed by atoms with van der Waals surface area (Å²) in [6.45, 7) is 2.94. The number of nitrogens with two attached hydrogens (primary N) is 1. The summed E-state index contributed by atoms with van der Waals surface area (Å²) in [6.07, 6.45) is 5.07. The quantitative estimate of drug-likeness (QED) is 0.679. The molecule has 1 amide bonds. The summed E-state index contributed by atoms with van der Waals surface area (Å²) in [5.41, 5.74) is 6.76. The van der Waals surface area contributed by atoms with Gasteiger partial charge < -0.3 is 10.6 Å². The van der Waals surface area contributed by atoms with Crippen LogP contribution in [0.4, 0.5) is 0 Å². The zero-order valence-corrected chi connectivity index (χ0v) is 16.1. The SMILES string of the molecule is CCCN(C(=O)c1cc(I)ccc1Br)C1CCC(N)CC1. The molecule has 1 fully saturated rings. The fourth-order valence-electron chi connectivity index (χ4n) is 2.92. The highest BCUT2D eigenvalue weighted by atomic mass is 127. The zero-order chi connectivity index (χ0) is 15.4. The van der Waals surface area contributed by atoms with Crippen LogP contribution in [0.25, 0.3) is 0 Å². The predicted octanol–water partition coefficient (Wildman–Crippen LogP) is 4.18. The summed E-state index contributed by atoms with van der Waals surface area (Å²) in [4.78, 5) is 15.0. The number of carbonyl (C=O) groups excluding carboxylic acids is 1. The van der Waals surface area contributed by atoms with E-state index in [2.05, 4.69) is 50.3 Å². The summed E-state index contributed by atoms with van der Waals surface area (Å²) < 4.78 is 1.96. The number of carbonyl (C=O) groups is 1. The molecule has 0 unspecified atom stereocenters. The van der Waals surface area contributed by atoms with E-state index in [0.29, 0.717) is 12.1 Å². The fraction of sp³-hybridized carbons (Fsp3) is 0.562. The normalized spacial score (nSPS) is 22.1. The molecular formula is C16H22BrIN2O. The van der Waals surface area contributed by atoms with Crippen molar-refractivity contribution in [3.63, 3.8) is 0 Å². The van der Waals surface area contributed by atoms with E-state index >= 15 is 0 Å². The third-order valence-electron chi connectivity index (χ3n) is 4.07. The molecule has 0 aromatic heterocycles. The van der Waals surface area contributed by atoms with Crippen LogP contribution in [0.5, 0.6) is 0 Å². The van der Waals surface area contributed by atoms with Crippen LogP contribution in [0.1, 0.15) is 49.4 Å². The molecule has 0 spiro atoms. The zero-order valence-electron chi connectivity index (χ0n) is 12.3. The molecule has 3 nitrogen and oxygen atoms in total. The molecule has 0 bridgehead atoms. The van der Waals surface area contributed by atoms with E-state index in [9.17, 15) is 4.79 Å². The Morgan fingerprint density at radius 1 is 1.38 bits per heavy atom. The number of benzene rings is 1. The lowest BCUT2D eigenvalue weighted by molar-refractivity contribution is 0.0625. The lowest BCUT2D eigenvalue weighted by Gasteiger charge is -2.36. The minimum absolute atomic E-state index is 0.141. The minimum atomic E-state index is 0.141. The van der Waals surface area contributed by atoms with Crippen LogP contribution in [0.15, 0.2) is 22.7 Å². The van der Waals surface area contributed by atoms with Gasteiger partial charge in [-0.15, -0.1) is 0 Å². The van der Waals surface area contributed by atoms with Crippen LogP contribution in [0.2, 0.25) is 0 Å². The first kappa shape index (κ1) is 17.2. The van der Waals surface area contributed by atoms with Gasteiger partial charge in [0.1, 0.15) is 0 Å². The molecule has 0 atom stereocenters. The maximum Gasteiger partial charge on any atom is 0.255 e. The van der Waals surface area contributed by atoms with Crippen LogP contribution in [-0.4, -0.2) is 29.4 Å². The van der Waals surface area contributed by atoms with Crippen molar-refractivity contribution in [2.75, 3.05) is 6.54 Å². The van der Waals surface area contributed by atoms with Crippen molar-refractivity contribution in [3.05, 3.63) is 31.8 Å². The van der Waals surface area contributed by atoms with Crippen molar-refractivity contribution in [2.45, 2.75) is 51.1 Å². The molecule has 1 aromatic rings. The van der Waals surface area contributed by atoms with Gasteiger partial charge in [0.25, 0.3) is 5.91 Å².